The molecule has 0 saturated heterocycles. The minimum Gasteiger partial charge on any atom is -0.377 e. The molecule has 2 heterocycles. The number of rotatable bonds is 7. The summed E-state index contributed by atoms with van der Waals surface area (Å²) in [6, 6.07) is 26.0. The van der Waals surface area contributed by atoms with Crippen molar-refractivity contribution in [2.24, 2.45) is 0 Å². The van der Waals surface area contributed by atoms with Crippen molar-refractivity contribution < 1.29 is 10.2 Å². The Kier molecular flexibility index (Phi) is 5.53. The van der Waals surface area contributed by atoms with E-state index in [0.717, 1.165) is 11.4 Å². The second-order valence-corrected chi connectivity index (χ2v) is 7.18. The number of nitrogens with one attached hydrogen (secondary N) is 2. The van der Waals surface area contributed by atoms with Crippen LogP contribution in [0.1, 0.15) is 22.5 Å². The molecule has 4 aromatic rings. The molecule has 0 aliphatic heterocycles. The largest absolute Gasteiger partial charge is 0.377 e. The van der Waals surface area contributed by atoms with Gasteiger partial charge in [0.25, 0.3) is 0 Å². The minimum absolute atomic E-state index is 0.579. The average Bonchev–Trinajstić information content (AvgIpc) is 3.51. The lowest BCUT2D eigenvalue weighted by Gasteiger charge is -2.41. The molecule has 0 aliphatic carbocycles. The molecule has 0 aliphatic rings. The van der Waals surface area contributed by atoms with Gasteiger partial charge in [0.1, 0.15) is 11.2 Å². The Morgan fingerprint density at radius 1 is 0.533 bits per heavy atom. The second kappa shape index (κ2) is 8.41. The van der Waals surface area contributed by atoms with Gasteiger partial charge in [0.15, 0.2) is 0 Å². The van der Waals surface area contributed by atoms with Crippen LogP contribution in [-0.2, 0) is 11.2 Å². The van der Waals surface area contributed by atoms with Crippen LogP contribution in [0.4, 0.5) is 0 Å². The molecule has 0 saturated carbocycles. The zero-order chi connectivity index (χ0) is 20.9. The molecule has 0 amide bonds. The molecule has 30 heavy (non-hydrogen) atoms. The van der Waals surface area contributed by atoms with Crippen molar-refractivity contribution >= 4 is 12.2 Å². The molecular weight excluding hydrogens is 372 g/mol. The average molecular weight is 396 g/mol. The molecule has 2 atom stereocenters. The molecule has 4 N–H and O–H groups in total. The standard InChI is InChI=1S/C26H24N2O2/c29-25(21-9-3-1-4-10-21,17-15-23-13-7-19-27-23)26(30,22-11-5-2-6-12-22)18-16-24-14-8-20-28-24/h1-20,27-30H/b17-15+,18-16+. The summed E-state index contributed by atoms with van der Waals surface area (Å²) in [7, 11) is 0. The third kappa shape index (κ3) is 3.79. The number of aromatic amines is 2. The lowest BCUT2D eigenvalue weighted by Crippen LogP contribution is -2.47. The van der Waals surface area contributed by atoms with E-state index in [0.29, 0.717) is 11.1 Å². The van der Waals surface area contributed by atoms with Crippen molar-refractivity contribution in [1.82, 2.24) is 9.97 Å². The Hall–Kier alpha value is -3.60. The van der Waals surface area contributed by atoms with Gasteiger partial charge in [-0.25, -0.2) is 0 Å². The van der Waals surface area contributed by atoms with E-state index in [4.69, 9.17) is 0 Å². The van der Waals surface area contributed by atoms with E-state index in [2.05, 4.69) is 9.97 Å². The van der Waals surface area contributed by atoms with E-state index in [1.165, 1.54) is 0 Å². The maximum Gasteiger partial charge on any atom is 0.144 e. The zero-order valence-corrected chi connectivity index (χ0v) is 16.4. The van der Waals surface area contributed by atoms with Crippen LogP contribution >= 0.6 is 0 Å². The molecule has 4 nitrogen and oxygen atoms in total. The highest BCUT2D eigenvalue weighted by Crippen LogP contribution is 2.43. The van der Waals surface area contributed by atoms with E-state index in [9.17, 15) is 10.2 Å². The molecule has 150 valence electrons. The summed E-state index contributed by atoms with van der Waals surface area (Å²) in [6.45, 7) is 0. The van der Waals surface area contributed by atoms with Gasteiger partial charge in [0.2, 0.25) is 0 Å². The van der Waals surface area contributed by atoms with Gasteiger partial charge in [-0.2, -0.15) is 0 Å². The van der Waals surface area contributed by atoms with Crippen molar-refractivity contribution in [2.75, 3.05) is 0 Å². The van der Waals surface area contributed by atoms with Gasteiger partial charge in [-0.15, -0.1) is 0 Å². The van der Waals surface area contributed by atoms with Crippen LogP contribution in [0.25, 0.3) is 12.2 Å². The van der Waals surface area contributed by atoms with Crippen molar-refractivity contribution in [3.63, 3.8) is 0 Å². The van der Waals surface area contributed by atoms with Crippen LogP contribution in [-0.4, -0.2) is 20.2 Å². The van der Waals surface area contributed by atoms with Crippen LogP contribution in [0.5, 0.6) is 0 Å². The van der Waals surface area contributed by atoms with Gasteiger partial charge in [-0.1, -0.05) is 60.7 Å². The highest BCUT2D eigenvalue weighted by molar-refractivity contribution is 5.55. The quantitative estimate of drug-likeness (QED) is 0.361. The van der Waals surface area contributed by atoms with Crippen LogP contribution in [0, 0.1) is 0 Å². The molecule has 4 heteroatoms. The number of aromatic nitrogens is 2. The molecule has 0 spiro atoms. The molecular formula is C26H24N2O2. The number of benzene rings is 2. The van der Waals surface area contributed by atoms with Crippen LogP contribution in [0.15, 0.2) is 109 Å². The summed E-state index contributed by atoms with van der Waals surface area (Å²) in [5.74, 6) is 0. The first-order chi connectivity index (χ1) is 14.6. The maximum absolute atomic E-state index is 12.1. The predicted octanol–water partition coefficient (Wildman–Crippen LogP) is 4.85. The van der Waals surface area contributed by atoms with Gasteiger partial charge in [-0.05, 0) is 59.7 Å². The van der Waals surface area contributed by atoms with E-state index in [-0.39, 0.29) is 0 Å². The third-order valence-electron chi connectivity index (χ3n) is 5.26. The van der Waals surface area contributed by atoms with Gasteiger partial charge < -0.3 is 20.2 Å². The summed E-state index contributed by atoms with van der Waals surface area (Å²) in [5.41, 5.74) is -0.653. The van der Waals surface area contributed by atoms with Gasteiger partial charge >= 0.3 is 0 Å². The van der Waals surface area contributed by atoms with Crippen molar-refractivity contribution in [3.8, 4) is 0 Å². The first-order valence-corrected chi connectivity index (χ1v) is 9.83. The molecule has 2 aromatic heterocycles. The van der Waals surface area contributed by atoms with Gasteiger partial charge in [0.05, 0.1) is 0 Å². The smallest absolute Gasteiger partial charge is 0.144 e. The molecule has 4 rings (SSSR count). The predicted molar refractivity (Wildman–Crippen MR) is 120 cm³/mol. The fourth-order valence-corrected chi connectivity index (χ4v) is 3.59. The summed E-state index contributed by atoms with van der Waals surface area (Å²) in [6.07, 6.45) is 10.5. The van der Waals surface area contributed by atoms with E-state index >= 15 is 0 Å². The fourth-order valence-electron chi connectivity index (χ4n) is 3.59. The molecule has 0 fully saturated rings. The topological polar surface area (TPSA) is 72.0 Å². The summed E-state index contributed by atoms with van der Waals surface area (Å²) >= 11 is 0. The second-order valence-electron chi connectivity index (χ2n) is 7.18. The molecule has 2 unspecified atom stereocenters. The van der Waals surface area contributed by atoms with Crippen LogP contribution in [0.2, 0.25) is 0 Å². The normalized spacial score (nSPS) is 15.9. The van der Waals surface area contributed by atoms with Crippen LogP contribution < -0.4 is 0 Å². The lowest BCUT2D eigenvalue weighted by atomic mass is 9.72. The van der Waals surface area contributed by atoms with Crippen molar-refractivity contribution in [2.45, 2.75) is 11.2 Å². The Bertz CT molecular complexity index is 1010. The van der Waals surface area contributed by atoms with Gasteiger partial charge in [-0.3, -0.25) is 0 Å². The van der Waals surface area contributed by atoms with Gasteiger partial charge in [0, 0.05) is 23.8 Å². The Balaban J connectivity index is 1.90. The first kappa shape index (κ1) is 19.7. The molecule has 0 bridgehead atoms. The lowest BCUT2D eigenvalue weighted by molar-refractivity contribution is -0.102. The van der Waals surface area contributed by atoms with Crippen LogP contribution in [0.3, 0.4) is 0 Å². The summed E-state index contributed by atoms with van der Waals surface area (Å²) in [5, 5.41) is 24.1. The number of aliphatic hydroxyl groups is 2. The van der Waals surface area contributed by atoms with E-state index in [1.54, 1.807) is 24.3 Å². The minimum atomic E-state index is -1.73. The maximum atomic E-state index is 12.1. The monoisotopic (exact) mass is 396 g/mol. The van der Waals surface area contributed by atoms with E-state index in [1.807, 2.05) is 97.3 Å². The summed E-state index contributed by atoms with van der Waals surface area (Å²) in [4.78, 5) is 6.21. The number of hydrogen-bond donors (Lipinski definition) is 4. The van der Waals surface area contributed by atoms with Crippen molar-refractivity contribution in [1.29, 1.82) is 0 Å². The summed E-state index contributed by atoms with van der Waals surface area (Å²) < 4.78 is 0. The Morgan fingerprint density at radius 3 is 1.27 bits per heavy atom. The first-order valence-electron chi connectivity index (χ1n) is 9.83. The molecule has 0 radical (unpaired) electrons. The Morgan fingerprint density at radius 2 is 0.933 bits per heavy atom. The van der Waals surface area contributed by atoms with Crippen molar-refractivity contribution in [3.05, 3.63) is 132 Å². The zero-order valence-electron chi connectivity index (χ0n) is 16.4. The Labute approximate surface area is 175 Å². The SMILES string of the molecule is OC(/C=C/c1ccc[nH]1)(c1ccccc1)C(O)(/C=C/c1ccc[nH]1)c1ccccc1. The number of H-pyrrole nitrogens is 2. The molecule has 2 aromatic carbocycles. The highest BCUT2D eigenvalue weighted by Gasteiger charge is 2.48. The highest BCUT2D eigenvalue weighted by atomic mass is 16.4. The fraction of sp³-hybridized carbons (Fsp3) is 0.0769. The number of hydrogen-bond acceptors (Lipinski definition) is 2. The van der Waals surface area contributed by atoms with E-state index < -0.39 is 11.2 Å². The third-order valence-corrected chi connectivity index (χ3v) is 5.26.